The van der Waals surface area contributed by atoms with E-state index in [-0.39, 0.29) is 37.0 Å². The fourth-order valence-electron chi connectivity index (χ4n) is 4.99. The summed E-state index contributed by atoms with van der Waals surface area (Å²) in [5.74, 6) is 0.343. The fourth-order valence-corrected chi connectivity index (χ4v) is 5.11. The Morgan fingerprint density at radius 3 is 2.30 bits per heavy atom. The number of Topliss-reactive ketones (excluding diaryl/α,β-unsaturated/α-hetero) is 1. The highest BCUT2D eigenvalue weighted by Gasteiger charge is 2.52. The summed E-state index contributed by atoms with van der Waals surface area (Å²) in [5, 5.41) is 22.9. The van der Waals surface area contributed by atoms with E-state index >= 15 is 0 Å². The van der Waals surface area contributed by atoms with Crippen molar-refractivity contribution in [3.8, 4) is 0 Å². The molecule has 0 bridgehead atoms. The van der Waals surface area contributed by atoms with E-state index < -0.39 is 16.6 Å². The van der Waals surface area contributed by atoms with Crippen molar-refractivity contribution < 1.29 is 19.8 Å². The standard InChI is InChI=1S/C24H34ClNO4/c1-22(2,14-20(27)17-6-4-5-7-17)15-21(28)26-13-12-24(30,23(3,29)16-26)18-8-10-19(25)11-9-18/h8-11,17,29-30H,4-7,12-16H2,1-3H3/t23-,24+/m1/s1. The second kappa shape index (κ2) is 8.60. The molecule has 2 aliphatic rings. The molecule has 2 fully saturated rings. The van der Waals surface area contributed by atoms with Gasteiger partial charge in [0, 0.05) is 36.7 Å². The lowest BCUT2D eigenvalue weighted by Gasteiger charge is -2.49. The number of benzene rings is 1. The van der Waals surface area contributed by atoms with Crippen molar-refractivity contribution in [2.24, 2.45) is 11.3 Å². The van der Waals surface area contributed by atoms with Gasteiger partial charge < -0.3 is 15.1 Å². The minimum atomic E-state index is -1.50. The van der Waals surface area contributed by atoms with Crippen LogP contribution in [0.15, 0.2) is 24.3 Å². The third-order valence-corrected chi connectivity index (χ3v) is 7.15. The van der Waals surface area contributed by atoms with E-state index in [0.717, 1.165) is 25.7 Å². The molecule has 2 atom stereocenters. The molecule has 0 spiro atoms. The van der Waals surface area contributed by atoms with Crippen molar-refractivity contribution in [2.45, 2.75) is 76.9 Å². The zero-order valence-electron chi connectivity index (χ0n) is 18.3. The Balaban J connectivity index is 1.64. The number of rotatable bonds is 6. The Morgan fingerprint density at radius 1 is 1.13 bits per heavy atom. The fraction of sp³-hybridized carbons (Fsp3) is 0.667. The van der Waals surface area contributed by atoms with E-state index in [4.69, 9.17) is 11.6 Å². The highest BCUT2D eigenvalue weighted by atomic mass is 35.5. The third-order valence-electron chi connectivity index (χ3n) is 6.90. The van der Waals surface area contributed by atoms with E-state index in [1.807, 2.05) is 13.8 Å². The maximum Gasteiger partial charge on any atom is 0.223 e. The number of hydrogen-bond acceptors (Lipinski definition) is 4. The minimum absolute atomic E-state index is 0.0393. The summed E-state index contributed by atoms with van der Waals surface area (Å²) in [4.78, 5) is 27.2. The molecule has 1 heterocycles. The molecule has 1 amide bonds. The number of likely N-dealkylation sites (tertiary alicyclic amines) is 1. The predicted molar refractivity (Wildman–Crippen MR) is 117 cm³/mol. The molecule has 5 nitrogen and oxygen atoms in total. The molecule has 6 heteroatoms. The molecule has 1 saturated heterocycles. The van der Waals surface area contributed by atoms with Gasteiger partial charge in [0.15, 0.2) is 0 Å². The lowest BCUT2D eigenvalue weighted by Crippen LogP contribution is -2.62. The number of hydrogen-bond donors (Lipinski definition) is 2. The normalized spacial score (nSPS) is 28.0. The Bertz CT molecular complexity index is 783. The molecule has 1 aromatic carbocycles. The summed E-state index contributed by atoms with van der Waals surface area (Å²) in [6, 6.07) is 6.80. The van der Waals surface area contributed by atoms with Crippen LogP contribution >= 0.6 is 11.6 Å². The number of carbonyl (C=O) groups excluding carboxylic acids is 2. The van der Waals surface area contributed by atoms with Crippen LogP contribution < -0.4 is 0 Å². The average Bonchev–Trinajstić information content (AvgIpc) is 3.18. The molecule has 0 unspecified atom stereocenters. The maximum absolute atomic E-state index is 13.0. The molecule has 30 heavy (non-hydrogen) atoms. The maximum atomic E-state index is 13.0. The highest BCUT2D eigenvalue weighted by molar-refractivity contribution is 6.30. The van der Waals surface area contributed by atoms with Gasteiger partial charge in [-0.05, 0) is 42.9 Å². The summed E-state index contributed by atoms with van der Waals surface area (Å²) in [7, 11) is 0. The van der Waals surface area contributed by atoms with Gasteiger partial charge in [0.2, 0.25) is 5.91 Å². The topological polar surface area (TPSA) is 77.8 Å². The van der Waals surface area contributed by atoms with Crippen LogP contribution in [0.4, 0.5) is 0 Å². The Hall–Kier alpha value is -1.43. The van der Waals surface area contributed by atoms with Crippen molar-refractivity contribution in [1.82, 2.24) is 4.90 Å². The molecule has 0 aromatic heterocycles. The quantitative estimate of drug-likeness (QED) is 0.705. The number of halogens is 1. The van der Waals surface area contributed by atoms with Gasteiger partial charge in [-0.15, -0.1) is 0 Å². The second-order valence-corrected chi connectivity index (χ2v) is 10.6. The molecule has 1 aliphatic carbocycles. The molecule has 1 aromatic rings. The van der Waals surface area contributed by atoms with Gasteiger partial charge in [-0.2, -0.15) is 0 Å². The highest BCUT2D eigenvalue weighted by Crippen LogP contribution is 2.41. The van der Waals surface area contributed by atoms with Gasteiger partial charge in [-0.1, -0.05) is 50.4 Å². The van der Waals surface area contributed by atoms with E-state index in [1.54, 1.807) is 36.1 Å². The van der Waals surface area contributed by atoms with Crippen LogP contribution in [0.5, 0.6) is 0 Å². The number of ketones is 1. The van der Waals surface area contributed by atoms with E-state index in [0.29, 0.717) is 23.6 Å². The summed E-state index contributed by atoms with van der Waals surface area (Å²) in [5.41, 5.74) is -2.79. The van der Waals surface area contributed by atoms with Crippen LogP contribution in [0.3, 0.4) is 0 Å². The third kappa shape index (κ3) is 4.90. The molecule has 2 N–H and O–H groups in total. The van der Waals surface area contributed by atoms with Gasteiger partial charge in [0.1, 0.15) is 17.0 Å². The van der Waals surface area contributed by atoms with Gasteiger partial charge in [-0.3, -0.25) is 9.59 Å². The lowest BCUT2D eigenvalue weighted by molar-refractivity contribution is -0.191. The average molecular weight is 436 g/mol. The van der Waals surface area contributed by atoms with Crippen LogP contribution in [-0.2, 0) is 15.2 Å². The largest absolute Gasteiger partial charge is 0.385 e. The number of nitrogens with zero attached hydrogens (tertiary/aromatic N) is 1. The minimum Gasteiger partial charge on any atom is -0.385 e. The van der Waals surface area contributed by atoms with Crippen molar-refractivity contribution >= 4 is 23.3 Å². The van der Waals surface area contributed by atoms with Crippen molar-refractivity contribution in [1.29, 1.82) is 0 Å². The monoisotopic (exact) mass is 435 g/mol. The Kier molecular flexibility index (Phi) is 6.66. The number of piperidine rings is 1. The van der Waals surface area contributed by atoms with E-state index in [1.165, 1.54) is 0 Å². The molecular weight excluding hydrogens is 402 g/mol. The van der Waals surface area contributed by atoms with E-state index in [9.17, 15) is 19.8 Å². The Labute approximate surface area is 184 Å². The molecular formula is C24H34ClNO4. The number of carbonyl (C=O) groups is 2. The lowest BCUT2D eigenvalue weighted by atomic mass is 9.73. The number of aliphatic hydroxyl groups is 2. The smallest absolute Gasteiger partial charge is 0.223 e. The first kappa shape index (κ1) is 23.2. The number of amides is 1. The van der Waals surface area contributed by atoms with E-state index in [2.05, 4.69) is 0 Å². The summed E-state index contributed by atoms with van der Waals surface area (Å²) in [6.45, 7) is 5.88. The molecule has 3 rings (SSSR count). The molecule has 1 aliphatic heterocycles. The molecule has 1 saturated carbocycles. The Morgan fingerprint density at radius 2 is 1.73 bits per heavy atom. The van der Waals surface area contributed by atoms with Gasteiger partial charge in [-0.25, -0.2) is 0 Å². The van der Waals surface area contributed by atoms with Crippen molar-refractivity contribution in [3.05, 3.63) is 34.9 Å². The second-order valence-electron chi connectivity index (χ2n) is 10.2. The zero-order valence-corrected chi connectivity index (χ0v) is 19.0. The van der Waals surface area contributed by atoms with Gasteiger partial charge in [0.05, 0.1) is 6.54 Å². The predicted octanol–water partition coefficient (Wildman–Crippen LogP) is 4.08. The van der Waals surface area contributed by atoms with Gasteiger partial charge in [0.25, 0.3) is 0 Å². The first-order valence-corrected chi connectivity index (χ1v) is 11.3. The summed E-state index contributed by atoms with van der Waals surface area (Å²) in [6.07, 6.45) is 5.07. The zero-order chi connectivity index (χ0) is 22.2. The first-order chi connectivity index (χ1) is 13.9. The first-order valence-electron chi connectivity index (χ1n) is 10.9. The molecule has 166 valence electrons. The van der Waals surface area contributed by atoms with Crippen LogP contribution in [0.1, 0.15) is 71.3 Å². The van der Waals surface area contributed by atoms with Gasteiger partial charge >= 0.3 is 0 Å². The number of β-amino-alcohol motifs (C(OH)–C–C–N with tert-alkyl or cyclic N) is 1. The van der Waals surface area contributed by atoms with Crippen LogP contribution in [-0.4, -0.2) is 45.5 Å². The van der Waals surface area contributed by atoms with Crippen LogP contribution in [0, 0.1) is 11.3 Å². The molecule has 0 radical (unpaired) electrons. The van der Waals surface area contributed by atoms with Crippen LogP contribution in [0.25, 0.3) is 0 Å². The summed E-state index contributed by atoms with van der Waals surface area (Å²) < 4.78 is 0. The summed E-state index contributed by atoms with van der Waals surface area (Å²) >= 11 is 5.95. The SMILES string of the molecule is CC(C)(CC(=O)C1CCCC1)CC(=O)N1CC[C@](O)(c2ccc(Cl)cc2)[C@](C)(O)C1. The van der Waals surface area contributed by atoms with Crippen molar-refractivity contribution in [3.63, 3.8) is 0 Å². The van der Waals surface area contributed by atoms with Crippen LogP contribution in [0.2, 0.25) is 5.02 Å². The van der Waals surface area contributed by atoms with Crippen molar-refractivity contribution in [2.75, 3.05) is 13.1 Å².